The van der Waals surface area contributed by atoms with Gasteiger partial charge in [-0.25, -0.2) is 4.79 Å². The highest BCUT2D eigenvalue weighted by Gasteiger charge is 2.41. The fourth-order valence-electron chi connectivity index (χ4n) is 3.61. The Labute approximate surface area is 171 Å². The van der Waals surface area contributed by atoms with Crippen LogP contribution in [0.1, 0.15) is 66.5 Å². The molecule has 6 nitrogen and oxygen atoms in total. The molecule has 0 aliphatic carbocycles. The Kier molecular flexibility index (Phi) is 5.46. The molecule has 0 atom stereocenters. The number of hydrogen-bond acceptors (Lipinski definition) is 3. The minimum absolute atomic E-state index is 0.307. The summed E-state index contributed by atoms with van der Waals surface area (Å²) in [5.41, 5.74) is 3.47. The van der Waals surface area contributed by atoms with Crippen LogP contribution in [0.5, 0.6) is 0 Å². The molecule has 0 aromatic heterocycles. The van der Waals surface area contributed by atoms with E-state index in [9.17, 15) is 14.4 Å². The molecule has 29 heavy (non-hydrogen) atoms. The fraction of sp³-hybridized carbons (Fsp3) is 0.348. The molecule has 152 valence electrons. The number of aryl methyl sites for hydroxylation is 2. The number of imide groups is 1. The molecule has 2 N–H and O–H groups in total. The number of benzene rings is 2. The van der Waals surface area contributed by atoms with Gasteiger partial charge in [-0.1, -0.05) is 32.0 Å². The lowest BCUT2D eigenvalue weighted by Crippen LogP contribution is -2.45. The van der Waals surface area contributed by atoms with Crippen LogP contribution in [0.15, 0.2) is 36.4 Å². The van der Waals surface area contributed by atoms with E-state index in [1.807, 2.05) is 52.8 Å². The number of nitrogens with one attached hydrogen (secondary N) is 2. The Morgan fingerprint density at radius 1 is 0.897 bits per heavy atom. The smallest absolute Gasteiger partial charge is 0.308 e. The van der Waals surface area contributed by atoms with Crippen molar-refractivity contribution >= 4 is 29.2 Å². The van der Waals surface area contributed by atoms with E-state index < -0.39 is 5.54 Å². The second-order valence-electron chi connectivity index (χ2n) is 8.11. The Balaban J connectivity index is 1.82. The van der Waals surface area contributed by atoms with Crippen molar-refractivity contribution in [1.82, 2.24) is 4.90 Å². The summed E-state index contributed by atoms with van der Waals surface area (Å²) in [5, 5.41) is 5.72. The van der Waals surface area contributed by atoms with Crippen molar-refractivity contribution in [1.29, 1.82) is 0 Å². The molecule has 0 radical (unpaired) electrons. The molecule has 2 aromatic rings. The maximum Gasteiger partial charge on any atom is 0.323 e. The van der Waals surface area contributed by atoms with Crippen molar-refractivity contribution in [2.45, 2.75) is 53.0 Å². The summed E-state index contributed by atoms with van der Waals surface area (Å²) >= 11 is 0. The van der Waals surface area contributed by atoms with Gasteiger partial charge in [0.1, 0.15) is 0 Å². The number of rotatable bonds is 4. The van der Waals surface area contributed by atoms with Crippen LogP contribution in [-0.4, -0.2) is 28.3 Å². The molecule has 1 aliphatic heterocycles. The molecule has 0 bridgehead atoms. The minimum atomic E-state index is -0.613. The van der Waals surface area contributed by atoms with Crippen LogP contribution in [0.4, 0.5) is 16.2 Å². The molecule has 0 saturated carbocycles. The molecule has 4 amide bonds. The number of nitrogens with zero attached hydrogens (tertiary/aromatic N) is 1. The Hall–Kier alpha value is -3.15. The first-order valence-electron chi connectivity index (χ1n) is 9.89. The largest absolute Gasteiger partial charge is 0.323 e. The second-order valence-corrected chi connectivity index (χ2v) is 8.11. The molecule has 0 spiro atoms. The van der Waals surface area contributed by atoms with Gasteiger partial charge in [0.05, 0.1) is 11.1 Å². The second kappa shape index (κ2) is 7.70. The number of amides is 4. The molecule has 1 aliphatic rings. The zero-order valence-corrected chi connectivity index (χ0v) is 17.6. The van der Waals surface area contributed by atoms with Gasteiger partial charge in [-0.05, 0) is 62.9 Å². The summed E-state index contributed by atoms with van der Waals surface area (Å²) in [7, 11) is 0. The number of urea groups is 1. The maximum absolute atomic E-state index is 12.7. The molecule has 1 heterocycles. The highest BCUT2D eigenvalue weighted by molar-refractivity contribution is 6.22. The summed E-state index contributed by atoms with van der Waals surface area (Å²) in [6, 6.07) is 10.4. The summed E-state index contributed by atoms with van der Waals surface area (Å²) in [5.74, 6) is -0.649. The number of hydrogen-bond donors (Lipinski definition) is 2. The SMILES string of the molecule is CCc1cccc(CC)c1NC(=O)Nc1ccc2c(c1)C(=O)N(C(C)(C)C)C2=O. The lowest BCUT2D eigenvalue weighted by molar-refractivity contribution is 0.0507. The van der Waals surface area contributed by atoms with Gasteiger partial charge in [-0.2, -0.15) is 0 Å². The minimum Gasteiger partial charge on any atom is -0.308 e. The lowest BCUT2D eigenvalue weighted by atomic mass is 10.0. The third-order valence-electron chi connectivity index (χ3n) is 5.05. The van der Waals surface area contributed by atoms with Crippen molar-refractivity contribution in [2.24, 2.45) is 0 Å². The number of anilines is 2. The average molecular weight is 393 g/mol. The third kappa shape index (κ3) is 3.88. The predicted octanol–water partition coefficient (Wildman–Crippen LogP) is 4.85. The van der Waals surface area contributed by atoms with Crippen LogP contribution in [0.25, 0.3) is 0 Å². The van der Waals surface area contributed by atoms with Gasteiger partial charge in [0.2, 0.25) is 0 Å². The van der Waals surface area contributed by atoms with E-state index in [0.717, 1.165) is 29.7 Å². The Morgan fingerprint density at radius 3 is 2.03 bits per heavy atom. The molecule has 6 heteroatoms. The number of carbonyl (C=O) groups is 3. The summed E-state index contributed by atoms with van der Waals surface area (Å²) in [6.07, 6.45) is 1.61. The standard InChI is InChI=1S/C23H27N3O3/c1-6-14-9-8-10-15(7-2)19(14)25-22(29)24-16-11-12-17-18(13-16)21(28)26(20(17)27)23(3,4)5/h8-13H,6-7H2,1-5H3,(H2,24,25,29). The summed E-state index contributed by atoms with van der Waals surface area (Å²) < 4.78 is 0. The maximum atomic E-state index is 12.7. The molecule has 2 aromatic carbocycles. The molecule has 3 rings (SSSR count). The zero-order chi connectivity index (χ0) is 21.3. The van der Waals surface area contributed by atoms with Gasteiger partial charge in [0.15, 0.2) is 0 Å². The first-order chi connectivity index (χ1) is 13.7. The Bertz CT molecular complexity index is 967. The summed E-state index contributed by atoms with van der Waals surface area (Å²) in [6.45, 7) is 9.54. The fourth-order valence-corrected chi connectivity index (χ4v) is 3.61. The van der Waals surface area contributed by atoms with Gasteiger partial charge >= 0.3 is 6.03 Å². The van der Waals surface area contributed by atoms with Gasteiger partial charge in [0.25, 0.3) is 11.8 Å². The van der Waals surface area contributed by atoms with Crippen molar-refractivity contribution in [3.05, 3.63) is 58.7 Å². The van der Waals surface area contributed by atoms with E-state index in [2.05, 4.69) is 10.6 Å². The number of fused-ring (bicyclic) bond motifs is 1. The number of para-hydroxylation sites is 1. The van der Waals surface area contributed by atoms with Gasteiger partial charge in [-0.3, -0.25) is 14.5 Å². The van der Waals surface area contributed by atoms with E-state index in [0.29, 0.717) is 16.8 Å². The topological polar surface area (TPSA) is 78.5 Å². The van der Waals surface area contributed by atoms with Crippen LogP contribution in [0, 0.1) is 0 Å². The van der Waals surface area contributed by atoms with E-state index in [1.54, 1.807) is 18.2 Å². The molecule has 0 saturated heterocycles. The van der Waals surface area contributed by atoms with E-state index in [4.69, 9.17) is 0 Å². The van der Waals surface area contributed by atoms with Crippen molar-refractivity contribution < 1.29 is 14.4 Å². The van der Waals surface area contributed by atoms with Crippen molar-refractivity contribution in [2.75, 3.05) is 10.6 Å². The first kappa shape index (κ1) is 20.6. The Morgan fingerprint density at radius 2 is 1.48 bits per heavy atom. The highest BCUT2D eigenvalue weighted by atomic mass is 16.2. The van der Waals surface area contributed by atoms with Crippen LogP contribution < -0.4 is 10.6 Å². The third-order valence-corrected chi connectivity index (χ3v) is 5.05. The highest BCUT2D eigenvalue weighted by Crippen LogP contribution is 2.31. The molecular formula is C23H27N3O3. The lowest BCUT2D eigenvalue weighted by Gasteiger charge is -2.29. The van der Waals surface area contributed by atoms with E-state index in [-0.39, 0.29) is 17.8 Å². The predicted molar refractivity (Wildman–Crippen MR) is 115 cm³/mol. The van der Waals surface area contributed by atoms with E-state index >= 15 is 0 Å². The first-order valence-corrected chi connectivity index (χ1v) is 9.89. The molecule has 0 unspecified atom stereocenters. The normalized spacial score (nSPS) is 13.5. The van der Waals surface area contributed by atoms with Crippen molar-refractivity contribution in [3.8, 4) is 0 Å². The summed E-state index contributed by atoms with van der Waals surface area (Å²) in [4.78, 5) is 39.2. The van der Waals surface area contributed by atoms with Crippen LogP contribution in [0.2, 0.25) is 0 Å². The van der Waals surface area contributed by atoms with E-state index in [1.165, 1.54) is 4.90 Å². The van der Waals surface area contributed by atoms with Gasteiger partial charge < -0.3 is 10.6 Å². The van der Waals surface area contributed by atoms with Crippen LogP contribution in [0.3, 0.4) is 0 Å². The van der Waals surface area contributed by atoms with Gasteiger partial charge in [0, 0.05) is 16.9 Å². The molecule has 0 fully saturated rings. The number of carbonyl (C=O) groups excluding carboxylic acids is 3. The average Bonchev–Trinajstić information content (AvgIpc) is 2.92. The quantitative estimate of drug-likeness (QED) is 0.729. The molecular weight excluding hydrogens is 366 g/mol. The van der Waals surface area contributed by atoms with Gasteiger partial charge in [-0.15, -0.1) is 0 Å². The zero-order valence-electron chi connectivity index (χ0n) is 17.6. The monoisotopic (exact) mass is 393 g/mol. The van der Waals surface area contributed by atoms with Crippen LogP contribution >= 0.6 is 0 Å². The van der Waals surface area contributed by atoms with Crippen molar-refractivity contribution in [3.63, 3.8) is 0 Å². The van der Waals surface area contributed by atoms with Crippen LogP contribution in [-0.2, 0) is 12.8 Å².